The molecular weight excluding hydrogens is 338 g/mol. The number of carbonyl (C=O) groups excluding carboxylic acids is 1. The van der Waals surface area contributed by atoms with Gasteiger partial charge in [0.1, 0.15) is 0 Å². The fourth-order valence-electron chi connectivity index (χ4n) is 2.64. The molecule has 1 aromatic rings. The van der Waals surface area contributed by atoms with E-state index in [4.69, 9.17) is 5.73 Å². The molecule has 0 saturated carbocycles. The first kappa shape index (κ1) is 21.6. The molecule has 7 heteroatoms. The first-order chi connectivity index (χ1) is 11.4. The van der Waals surface area contributed by atoms with Crippen LogP contribution in [-0.4, -0.2) is 26.4 Å². The van der Waals surface area contributed by atoms with Crippen LogP contribution in [0.4, 0.5) is 5.69 Å². The van der Waals surface area contributed by atoms with Gasteiger partial charge in [0.15, 0.2) is 0 Å². The number of rotatable bonds is 7. The minimum Gasteiger partial charge on any atom is -0.329 e. The normalized spacial score (nSPS) is 12.9. The summed E-state index contributed by atoms with van der Waals surface area (Å²) in [6.07, 6.45) is 1.24. The van der Waals surface area contributed by atoms with Crippen LogP contribution in [-0.2, 0) is 14.8 Å². The number of benzene rings is 1. The largest absolute Gasteiger partial charge is 0.329 e. The van der Waals surface area contributed by atoms with Crippen LogP contribution in [0.3, 0.4) is 0 Å². The number of nitrogens with two attached hydrogens (primary N) is 1. The van der Waals surface area contributed by atoms with Crippen LogP contribution >= 0.6 is 0 Å². The van der Waals surface area contributed by atoms with Gasteiger partial charge in [0.2, 0.25) is 15.9 Å². The molecule has 0 spiro atoms. The van der Waals surface area contributed by atoms with E-state index in [0.29, 0.717) is 24.1 Å². The molecule has 25 heavy (non-hydrogen) atoms. The highest BCUT2D eigenvalue weighted by Gasteiger charge is 2.33. The molecule has 1 rings (SSSR count). The van der Waals surface area contributed by atoms with Gasteiger partial charge in [-0.3, -0.25) is 4.79 Å². The van der Waals surface area contributed by atoms with Crippen LogP contribution in [0.15, 0.2) is 23.1 Å². The molecular formula is C18H31N3O3S. The highest BCUT2D eigenvalue weighted by Crippen LogP contribution is 2.28. The number of nitrogens with one attached hydrogen (secondary N) is 2. The molecule has 1 aromatic carbocycles. The van der Waals surface area contributed by atoms with Gasteiger partial charge in [0.05, 0.1) is 10.3 Å². The molecule has 1 amide bonds. The third-order valence-corrected chi connectivity index (χ3v) is 6.30. The van der Waals surface area contributed by atoms with Crippen molar-refractivity contribution in [3.63, 3.8) is 0 Å². The lowest BCUT2D eigenvalue weighted by atomic mass is 9.81. The van der Waals surface area contributed by atoms with Gasteiger partial charge < -0.3 is 11.1 Å². The Morgan fingerprint density at radius 2 is 1.72 bits per heavy atom. The fourth-order valence-corrected chi connectivity index (χ4v) is 4.33. The molecule has 0 aliphatic heterocycles. The van der Waals surface area contributed by atoms with Gasteiger partial charge in [-0.15, -0.1) is 0 Å². The lowest BCUT2D eigenvalue weighted by Gasteiger charge is -2.28. The van der Waals surface area contributed by atoms with Crippen molar-refractivity contribution < 1.29 is 13.2 Å². The molecule has 0 unspecified atom stereocenters. The van der Waals surface area contributed by atoms with Crippen molar-refractivity contribution in [1.29, 1.82) is 0 Å². The van der Waals surface area contributed by atoms with Crippen LogP contribution in [0, 0.1) is 12.3 Å². The van der Waals surface area contributed by atoms with E-state index in [1.54, 1.807) is 39.8 Å². The van der Waals surface area contributed by atoms with Crippen molar-refractivity contribution in [2.24, 2.45) is 11.1 Å². The lowest BCUT2D eigenvalue weighted by molar-refractivity contribution is -0.125. The third kappa shape index (κ3) is 5.26. The summed E-state index contributed by atoms with van der Waals surface area (Å²) in [4.78, 5) is 12.8. The van der Waals surface area contributed by atoms with Crippen molar-refractivity contribution in [2.75, 3.05) is 11.9 Å². The number of hydrogen-bond donors (Lipinski definition) is 3. The molecule has 0 radical (unpaired) electrons. The molecule has 0 saturated heterocycles. The summed E-state index contributed by atoms with van der Waals surface area (Å²) in [7, 11) is -3.69. The minimum absolute atomic E-state index is 0.159. The highest BCUT2D eigenvalue weighted by molar-refractivity contribution is 7.89. The zero-order valence-corrected chi connectivity index (χ0v) is 16.9. The molecule has 142 valence electrons. The van der Waals surface area contributed by atoms with Crippen molar-refractivity contribution >= 4 is 21.6 Å². The van der Waals surface area contributed by atoms with Gasteiger partial charge in [-0.1, -0.05) is 19.9 Å². The molecule has 0 heterocycles. The fraction of sp³-hybridized carbons (Fsp3) is 0.611. The number of sulfonamides is 1. The number of anilines is 1. The Morgan fingerprint density at radius 3 is 2.16 bits per heavy atom. The van der Waals surface area contributed by atoms with Crippen LogP contribution in [0.2, 0.25) is 0 Å². The second-order valence-corrected chi connectivity index (χ2v) is 9.13. The summed E-state index contributed by atoms with van der Waals surface area (Å²) in [5.74, 6) is -0.184. The number of amides is 1. The average Bonchev–Trinajstić information content (AvgIpc) is 2.49. The standard InChI is InChI=1S/C18H31N3O3S/c1-7-18(8-2,12-19)16(22)20-14-10-9-13(3)15(11-14)25(23,24)21-17(4,5)6/h9-11,21H,7-8,12,19H2,1-6H3,(H,20,22). The summed E-state index contributed by atoms with van der Waals surface area (Å²) >= 11 is 0. The van der Waals surface area contributed by atoms with Crippen LogP contribution < -0.4 is 15.8 Å². The van der Waals surface area contributed by atoms with Gasteiger partial charge in [-0.05, 0) is 58.2 Å². The van der Waals surface area contributed by atoms with Crippen LogP contribution in [0.5, 0.6) is 0 Å². The Morgan fingerprint density at radius 1 is 1.16 bits per heavy atom. The summed E-state index contributed by atoms with van der Waals surface area (Å²) in [5.41, 5.74) is 5.64. The van der Waals surface area contributed by atoms with Crippen molar-refractivity contribution in [1.82, 2.24) is 4.72 Å². The smallest absolute Gasteiger partial charge is 0.241 e. The van der Waals surface area contributed by atoms with E-state index in [2.05, 4.69) is 10.0 Å². The monoisotopic (exact) mass is 369 g/mol. The Bertz CT molecular complexity index is 709. The van der Waals surface area contributed by atoms with E-state index in [9.17, 15) is 13.2 Å². The van der Waals surface area contributed by atoms with Gasteiger partial charge in [0.25, 0.3) is 0 Å². The molecule has 6 nitrogen and oxygen atoms in total. The lowest BCUT2D eigenvalue weighted by Crippen LogP contribution is -2.42. The summed E-state index contributed by atoms with van der Waals surface area (Å²) in [5, 5.41) is 2.83. The maximum Gasteiger partial charge on any atom is 0.241 e. The molecule has 0 atom stereocenters. The van der Waals surface area contributed by atoms with Gasteiger partial charge >= 0.3 is 0 Å². The predicted molar refractivity (Wildman–Crippen MR) is 102 cm³/mol. The summed E-state index contributed by atoms with van der Waals surface area (Å²) in [6.45, 7) is 11.2. The van der Waals surface area contributed by atoms with Crippen LogP contribution in [0.1, 0.15) is 53.0 Å². The summed E-state index contributed by atoms with van der Waals surface area (Å²) in [6, 6.07) is 4.89. The van der Waals surface area contributed by atoms with Gasteiger partial charge in [0, 0.05) is 17.8 Å². The second kappa shape index (κ2) is 7.85. The van der Waals surface area contributed by atoms with Crippen LogP contribution in [0.25, 0.3) is 0 Å². The third-order valence-electron chi connectivity index (χ3n) is 4.40. The number of hydrogen-bond acceptors (Lipinski definition) is 4. The summed E-state index contributed by atoms with van der Waals surface area (Å²) < 4.78 is 27.9. The molecule has 0 aliphatic carbocycles. The highest BCUT2D eigenvalue weighted by atomic mass is 32.2. The number of aryl methyl sites for hydroxylation is 1. The van der Waals surface area contributed by atoms with Gasteiger partial charge in [-0.25, -0.2) is 13.1 Å². The first-order valence-corrected chi connectivity index (χ1v) is 10.1. The maximum absolute atomic E-state index is 12.6. The molecule has 0 aromatic heterocycles. The van der Waals surface area contributed by atoms with Crippen molar-refractivity contribution in [2.45, 2.75) is 64.8 Å². The molecule has 0 bridgehead atoms. The first-order valence-electron chi connectivity index (χ1n) is 8.57. The quantitative estimate of drug-likeness (QED) is 0.688. The van der Waals surface area contributed by atoms with E-state index in [1.807, 2.05) is 13.8 Å². The Balaban J connectivity index is 3.20. The topological polar surface area (TPSA) is 101 Å². The van der Waals surface area contributed by atoms with E-state index in [1.165, 1.54) is 6.07 Å². The predicted octanol–water partition coefficient (Wildman–Crippen LogP) is 2.78. The van der Waals surface area contributed by atoms with E-state index in [-0.39, 0.29) is 17.3 Å². The zero-order chi connectivity index (χ0) is 19.5. The minimum atomic E-state index is -3.69. The second-order valence-electron chi connectivity index (χ2n) is 7.48. The zero-order valence-electron chi connectivity index (χ0n) is 16.1. The maximum atomic E-state index is 12.6. The molecule has 0 fully saturated rings. The Hall–Kier alpha value is -1.44. The number of carbonyl (C=O) groups is 1. The average molecular weight is 370 g/mol. The van der Waals surface area contributed by atoms with Crippen molar-refractivity contribution in [3.8, 4) is 0 Å². The van der Waals surface area contributed by atoms with Crippen molar-refractivity contribution in [3.05, 3.63) is 23.8 Å². The van der Waals surface area contributed by atoms with E-state index < -0.39 is 21.0 Å². The molecule has 4 N–H and O–H groups in total. The SMILES string of the molecule is CCC(CC)(CN)C(=O)Nc1ccc(C)c(S(=O)(=O)NC(C)(C)C)c1. The van der Waals surface area contributed by atoms with E-state index in [0.717, 1.165) is 0 Å². The van der Waals surface area contributed by atoms with Gasteiger partial charge in [-0.2, -0.15) is 0 Å². The Kier molecular flexibility index (Phi) is 6.78. The molecule has 0 aliphatic rings. The Labute approximate surface area is 151 Å². The van der Waals surface area contributed by atoms with E-state index >= 15 is 0 Å².